The molecule has 4 rings (SSSR count). The lowest BCUT2D eigenvalue weighted by Gasteiger charge is -2.33. The van der Waals surface area contributed by atoms with E-state index in [0.717, 1.165) is 5.57 Å². The lowest BCUT2D eigenvalue weighted by molar-refractivity contribution is -0.118. The number of aliphatic hydroxyl groups is 1. The van der Waals surface area contributed by atoms with E-state index in [0.29, 0.717) is 0 Å². The van der Waals surface area contributed by atoms with Crippen molar-refractivity contribution < 1.29 is 34.7 Å². The fraction of sp³-hybridized carbons (Fsp3) is 0.250. The van der Waals surface area contributed by atoms with E-state index in [2.05, 4.69) is 0 Å². The molecule has 2 aromatic carbocycles. The largest absolute Gasteiger partial charge is 0.508 e. The van der Waals surface area contributed by atoms with Gasteiger partial charge in [-0.15, -0.1) is 0 Å². The second-order valence-electron chi connectivity index (χ2n) is 6.93. The summed E-state index contributed by atoms with van der Waals surface area (Å²) in [5.41, 5.74) is -1.10. The Balaban J connectivity index is 1.87. The molecule has 0 spiro atoms. The summed E-state index contributed by atoms with van der Waals surface area (Å²) < 4.78 is 11.1. The lowest BCUT2D eigenvalue weighted by Crippen LogP contribution is -2.51. The van der Waals surface area contributed by atoms with Crippen LogP contribution in [0.15, 0.2) is 35.9 Å². The van der Waals surface area contributed by atoms with Gasteiger partial charge in [0.25, 0.3) is 6.29 Å². The first-order valence-electron chi connectivity index (χ1n) is 8.38. The molecule has 0 aromatic heterocycles. The quantitative estimate of drug-likeness (QED) is 0.600. The first kappa shape index (κ1) is 17.2. The van der Waals surface area contributed by atoms with Gasteiger partial charge in [0.1, 0.15) is 34.3 Å². The van der Waals surface area contributed by atoms with Crippen molar-refractivity contribution in [2.45, 2.75) is 32.2 Å². The van der Waals surface area contributed by atoms with E-state index in [4.69, 9.17) is 9.47 Å². The lowest BCUT2D eigenvalue weighted by atomic mass is 9.83. The number of benzene rings is 2. The summed E-state index contributed by atoms with van der Waals surface area (Å²) in [6.45, 7) is 3.74. The zero-order valence-corrected chi connectivity index (χ0v) is 14.7. The molecule has 7 nitrogen and oxygen atoms in total. The minimum Gasteiger partial charge on any atom is -0.508 e. The van der Waals surface area contributed by atoms with Crippen LogP contribution >= 0.6 is 0 Å². The maximum absolute atomic E-state index is 13.2. The molecule has 0 saturated heterocycles. The third-order valence-corrected chi connectivity index (χ3v) is 4.82. The van der Waals surface area contributed by atoms with Crippen molar-refractivity contribution in [3.05, 3.63) is 52.6 Å². The van der Waals surface area contributed by atoms with Crippen LogP contribution in [-0.4, -0.2) is 32.5 Å². The molecule has 2 aliphatic rings. The second-order valence-corrected chi connectivity index (χ2v) is 6.93. The van der Waals surface area contributed by atoms with Crippen molar-refractivity contribution >= 4 is 5.78 Å². The number of aromatic hydroxyl groups is 3. The van der Waals surface area contributed by atoms with Crippen LogP contribution in [0.3, 0.4) is 0 Å². The highest BCUT2D eigenvalue weighted by atomic mass is 16.7. The average molecular weight is 370 g/mol. The predicted octanol–water partition coefficient (Wildman–Crippen LogP) is 2.49. The van der Waals surface area contributed by atoms with E-state index in [-0.39, 0.29) is 46.1 Å². The summed E-state index contributed by atoms with van der Waals surface area (Å²) >= 11 is 0. The monoisotopic (exact) mass is 370 g/mol. The Hall–Kier alpha value is -3.19. The molecule has 2 heterocycles. The topological polar surface area (TPSA) is 116 Å². The van der Waals surface area contributed by atoms with E-state index < -0.39 is 23.4 Å². The van der Waals surface area contributed by atoms with Gasteiger partial charge in [-0.2, -0.15) is 0 Å². The van der Waals surface area contributed by atoms with E-state index >= 15 is 0 Å². The normalized spacial score (nSPS) is 22.2. The molecule has 0 saturated carbocycles. The van der Waals surface area contributed by atoms with Crippen LogP contribution in [0, 0.1) is 0 Å². The number of hydrogen-bond donors (Lipinski definition) is 4. The number of allylic oxidation sites excluding steroid dienone is 2. The first-order chi connectivity index (χ1) is 12.7. The van der Waals surface area contributed by atoms with E-state index in [9.17, 15) is 25.2 Å². The summed E-state index contributed by atoms with van der Waals surface area (Å²) in [5, 5.41) is 41.6. The smallest absolute Gasteiger partial charge is 0.281 e. The van der Waals surface area contributed by atoms with Gasteiger partial charge in [0.2, 0.25) is 11.4 Å². The summed E-state index contributed by atoms with van der Waals surface area (Å²) in [4.78, 5) is 13.2. The minimum atomic E-state index is -2.17. The molecule has 4 N–H and O–H groups in total. The summed E-state index contributed by atoms with van der Waals surface area (Å²) in [6.07, 6.45) is 0.615. The third-order valence-electron chi connectivity index (χ3n) is 4.82. The molecular weight excluding hydrogens is 352 g/mol. The fourth-order valence-corrected chi connectivity index (χ4v) is 3.39. The molecule has 2 aliphatic heterocycles. The maximum atomic E-state index is 13.2. The van der Waals surface area contributed by atoms with Gasteiger partial charge in [-0.1, -0.05) is 11.6 Å². The summed E-state index contributed by atoms with van der Waals surface area (Å²) in [7, 11) is 0. The Morgan fingerprint density at radius 3 is 2.56 bits per heavy atom. The molecular formula is C20H18O7. The van der Waals surface area contributed by atoms with Gasteiger partial charge >= 0.3 is 0 Å². The molecule has 7 heteroatoms. The van der Waals surface area contributed by atoms with Gasteiger partial charge < -0.3 is 29.9 Å². The second kappa shape index (κ2) is 5.65. The predicted molar refractivity (Wildman–Crippen MR) is 94.3 cm³/mol. The minimum absolute atomic E-state index is 0.0809. The SMILES string of the molecule is CC(C)=CCc1c(O)cc2c(c1O)C(=O)[C@@]1(O)c3ccc(O)cc3O[C@H]1O2. The Bertz CT molecular complexity index is 1000. The van der Waals surface area contributed by atoms with Gasteiger partial charge in [-0.3, -0.25) is 4.79 Å². The van der Waals surface area contributed by atoms with Gasteiger partial charge in [0.05, 0.1) is 0 Å². The standard InChI is InChI=1S/C20H18O7/c1-9(2)3-5-11-13(22)8-15-16(17(11)23)18(24)20(25)12-6-4-10(21)7-14(12)26-19(20)27-15/h3-4,6-8,19,21-23,25H,5H2,1-2H3/t19-,20-/m0/s1. The molecule has 27 heavy (non-hydrogen) atoms. The van der Waals surface area contributed by atoms with Crippen molar-refractivity contribution in [3.8, 4) is 28.7 Å². The van der Waals surface area contributed by atoms with Crippen LogP contribution in [0.25, 0.3) is 0 Å². The van der Waals surface area contributed by atoms with Crippen LogP contribution in [-0.2, 0) is 12.0 Å². The Morgan fingerprint density at radius 1 is 1.15 bits per heavy atom. The molecule has 2 aromatic rings. The van der Waals surface area contributed by atoms with E-state index in [1.54, 1.807) is 6.08 Å². The molecule has 0 amide bonds. The number of carbonyl (C=O) groups is 1. The Kier molecular flexibility index (Phi) is 3.61. The van der Waals surface area contributed by atoms with Gasteiger partial charge in [0, 0.05) is 23.3 Å². The molecule has 2 atom stereocenters. The fourth-order valence-electron chi connectivity index (χ4n) is 3.39. The zero-order valence-electron chi connectivity index (χ0n) is 14.7. The highest BCUT2D eigenvalue weighted by Gasteiger charge is 2.60. The number of phenols is 3. The van der Waals surface area contributed by atoms with Crippen molar-refractivity contribution in [3.63, 3.8) is 0 Å². The van der Waals surface area contributed by atoms with E-state index in [1.807, 2.05) is 13.8 Å². The van der Waals surface area contributed by atoms with Crippen molar-refractivity contribution in [1.29, 1.82) is 0 Å². The van der Waals surface area contributed by atoms with Crippen LogP contribution < -0.4 is 9.47 Å². The summed E-state index contributed by atoms with van der Waals surface area (Å²) in [6, 6.07) is 5.19. The number of ketones is 1. The molecule has 0 bridgehead atoms. The summed E-state index contributed by atoms with van der Waals surface area (Å²) in [5.74, 6) is -1.53. The number of ether oxygens (including phenoxy) is 2. The Labute approximate surface area is 154 Å². The zero-order chi connectivity index (χ0) is 19.5. The third kappa shape index (κ3) is 2.35. The first-order valence-corrected chi connectivity index (χ1v) is 8.38. The number of hydrogen-bond acceptors (Lipinski definition) is 7. The molecule has 0 radical (unpaired) electrons. The average Bonchev–Trinajstić information content (AvgIpc) is 2.86. The van der Waals surface area contributed by atoms with E-state index in [1.165, 1.54) is 24.3 Å². The molecule has 0 aliphatic carbocycles. The number of fused-ring (bicyclic) bond motifs is 4. The van der Waals surface area contributed by atoms with Crippen LogP contribution in [0.2, 0.25) is 0 Å². The van der Waals surface area contributed by atoms with Crippen molar-refractivity contribution in [2.75, 3.05) is 0 Å². The molecule has 0 unspecified atom stereocenters. The van der Waals surface area contributed by atoms with Crippen molar-refractivity contribution in [1.82, 2.24) is 0 Å². The molecule has 140 valence electrons. The Morgan fingerprint density at radius 2 is 1.85 bits per heavy atom. The van der Waals surface area contributed by atoms with Gasteiger partial charge in [0.15, 0.2) is 0 Å². The number of Topliss-reactive ketones (excluding diaryl/α,β-unsaturated/α-hetero) is 1. The maximum Gasteiger partial charge on any atom is 0.281 e. The van der Waals surface area contributed by atoms with Crippen molar-refractivity contribution in [2.24, 2.45) is 0 Å². The van der Waals surface area contributed by atoms with Gasteiger partial charge in [-0.25, -0.2) is 0 Å². The number of rotatable bonds is 2. The van der Waals surface area contributed by atoms with Gasteiger partial charge in [-0.05, 0) is 32.4 Å². The number of phenolic OH excluding ortho intramolecular Hbond substituents is 3. The highest BCUT2D eigenvalue weighted by Crippen LogP contribution is 2.52. The van der Waals surface area contributed by atoms with Crippen LogP contribution in [0.4, 0.5) is 0 Å². The molecule has 0 fully saturated rings. The number of carbonyl (C=O) groups excluding carboxylic acids is 1. The highest BCUT2D eigenvalue weighted by molar-refractivity contribution is 6.09. The van der Waals surface area contributed by atoms with Crippen LogP contribution in [0.5, 0.6) is 28.7 Å². The van der Waals surface area contributed by atoms with Crippen LogP contribution in [0.1, 0.15) is 35.3 Å².